The lowest BCUT2D eigenvalue weighted by molar-refractivity contribution is -0.137. The quantitative estimate of drug-likeness (QED) is 0.660. The Morgan fingerprint density at radius 2 is 1.76 bits per heavy atom. The van der Waals surface area contributed by atoms with E-state index in [4.69, 9.17) is 0 Å². The van der Waals surface area contributed by atoms with Gasteiger partial charge in [-0.2, -0.15) is 13.2 Å². The molecule has 1 unspecified atom stereocenters. The number of carbonyl (C=O) groups excluding carboxylic acids is 2. The molecule has 1 aliphatic heterocycles. The minimum Gasteiger partial charge on any atom is -0.356 e. The molecule has 0 bridgehead atoms. The number of nitrogens with zero attached hydrogens (tertiary/aromatic N) is 2. The number of hydrogen-bond donors (Lipinski definition) is 2. The van der Waals surface area contributed by atoms with Gasteiger partial charge in [-0.15, -0.1) is 0 Å². The Labute approximate surface area is 191 Å². The molecule has 0 spiro atoms. The maximum atomic E-state index is 12.9. The molecule has 0 saturated carbocycles. The number of alkyl halides is 3. The number of hydrogen-bond acceptors (Lipinski definition) is 4. The molecular weight excluding hydrogens is 433 g/mol. The van der Waals surface area contributed by atoms with E-state index in [0.29, 0.717) is 31.7 Å². The monoisotopic (exact) mass is 462 g/mol. The van der Waals surface area contributed by atoms with Crippen LogP contribution in [0.1, 0.15) is 37.8 Å². The van der Waals surface area contributed by atoms with Crippen molar-refractivity contribution in [2.75, 3.05) is 18.0 Å². The Kier molecular flexibility index (Phi) is 7.94. The van der Waals surface area contributed by atoms with Crippen LogP contribution in [0, 0.1) is 5.92 Å². The summed E-state index contributed by atoms with van der Waals surface area (Å²) < 4.78 is 38.2. The molecule has 2 N–H and O–H groups in total. The molecule has 2 amide bonds. The topological polar surface area (TPSA) is 74.3 Å². The van der Waals surface area contributed by atoms with Crippen LogP contribution in [0.2, 0.25) is 0 Å². The normalized spacial score (nSPS) is 15.9. The van der Waals surface area contributed by atoms with Crippen LogP contribution in [0.25, 0.3) is 0 Å². The van der Waals surface area contributed by atoms with Gasteiger partial charge in [-0.1, -0.05) is 44.2 Å². The summed E-state index contributed by atoms with van der Waals surface area (Å²) >= 11 is 0. The van der Waals surface area contributed by atoms with E-state index in [-0.39, 0.29) is 30.2 Å². The highest BCUT2D eigenvalue weighted by molar-refractivity contribution is 5.88. The minimum absolute atomic E-state index is 0.0736. The fraction of sp³-hybridized carbons (Fsp3) is 0.458. The molecule has 1 aromatic heterocycles. The Bertz CT molecular complexity index is 925. The zero-order valence-corrected chi connectivity index (χ0v) is 18.7. The minimum atomic E-state index is -4.41. The van der Waals surface area contributed by atoms with Crippen LogP contribution in [-0.2, 0) is 22.2 Å². The fourth-order valence-electron chi connectivity index (χ4n) is 3.83. The van der Waals surface area contributed by atoms with E-state index in [0.717, 1.165) is 17.8 Å². The number of anilines is 1. The number of nitrogens with one attached hydrogen (secondary N) is 2. The zero-order valence-electron chi connectivity index (χ0n) is 18.7. The first-order valence-corrected chi connectivity index (χ1v) is 11.1. The lowest BCUT2D eigenvalue weighted by Crippen LogP contribution is -2.54. The van der Waals surface area contributed by atoms with Crippen molar-refractivity contribution in [1.82, 2.24) is 15.6 Å². The molecule has 2 aromatic rings. The van der Waals surface area contributed by atoms with Gasteiger partial charge in [0, 0.05) is 25.3 Å². The maximum Gasteiger partial charge on any atom is 0.417 e. The van der Waals surface area contributed by atoms with E-state index in [2.05, 4.69) is 15.6 Å². The third-order valence-electron chi connectivity index (χ3n) is 5.71. The Balaban J connectivity index is 1.50. The van der Waals surface area contributed by atoms with E-state index in [9.17, 15) is 22.8 Å². The number of rotatable bonds is 7. The molecule has 0 aliphatic carbocycles. The Morgan fingerprint density at radius 3 is 2.30 bits per heavy atom. The van der Waals surface area contributed by atoms with Crippen molar-refractivity contribution in [2.24, 2.45) is 5.92 Å². The third kappa shape index (κ3) is 6.94. The third-order valence-corrected chi connectivity index (χ3v) is 5.71. The van der Waals surface area contributed by atoms with Gasteiger partial charge in [0.25, 0.3) is 0 Å². The van der Waals surface area contributed by atoms with Crippen LogP contribution in [0.4, 0.5) is 19.0 Å². The first-order valence-electron chi connectivity index (χ1n) is 11.1. The summed E-state index contributed by atoms with van der Waals surface area (Å²) in [6.07, 6.45) is -2.09. The molecule has 1 saturated heterocycles. The second kappa shape index (κ2) is 10.7. The van der Waals surface area contributed by atoms with Crippen molar-refractivity contribution in [2.45, 2.75) is 51.4 Å². The van der Waals surface area contributed by atoms with Crippen molar-refractivity contribution in [3.63, 3.8) is 0 Å². The van der Waals surface area contributed by atoms with Crippen molar-refractivity contribution < 1.29 is 22.8 Å². The number of aromatic nitrogens is 1. The number of carbonyl (C=O) groups is 2. The van der Waals surface area contributed by atoms with Crippen LogP contribution in [0.3, 0.4) is 0 Å². The molecule has 1 atom stereocenters. The highest BCUT2D eigenvalue weighted by atomic mass is 19.4. The molecule has 0 radical (unpaired) electrons. The van der Waals surface area contributed by atoms with Gasteiger partial charge in [0.1, 0.15) is 11.9 Å². The van der Waals surface area contributed by atoms with E-state index >= 15 is 0 Å². The first kappa shape index (κ1) is 24.5. The fourth-order valence-corrected chi connectivity index (χ4v) is 3.83. The maximum absolute atomic E-state index is 12.9. The van der Waals surface area contributed by atoms with Crippen molar-refractivity contribution >= 4 is 17.6 Å². The van der Waals surface area contributed by atoms with Crippen molar-refractivity contribution in [3.8, 4) is 0 Å². The average Bonchev–Trinajstić information content (AvgIpc) is 2.78. The predicted molar refractivity (Wildman–Crippen MR) is 120 cm³/mol. The second-order valence-corrected chi connectivity index (χ2v) is 8.62. The molecule has 1 aromatic carbocycles. The summed E-state index contributed by atoms with van der Waals surface area (Å²) in [6.45, 7) is 4.89. The Hall–Kier alpha value is -3.10. The van der Waals surface area contributed by atoms with Crippen LogP contribution in [0.15, 0.2) is 48.7 Å². The summed E-state index contributed by atoms with van der Waals surface area (Å²) in [5, 5.41) is 5.86. The average molecular weight is 463 g/mol. The zero-order chi connectivity index (χ0) is 24.0. The van der Waals surface area contributed by atoms with Crippen LogP contribution in [0.5, 0.6) is 0 Å². The highest BCUT2D eigenvalue weighted by Crippen LogP contribution is 2.29. The van der Waals surface area contributed by atoms with Gasteiger partial charge in [-0.3, -0.25) is 9.59 Å². The van der Waals surface area contributed by atoms with Crippen LogP contribution >= 0.6 is 0 Å². The largest absolute Gasteiger partial charge is 0.417 e. The van der Waals surface area contributed by atoms with E-state index in [1.807, 2.05) is 49.1 Å². The number of amides is 2. The van der Waals surface area contributed by atoms with E-state index in [1.54, 1.807) is 0 Å². The van der Waals surface area contributed by atoms with Gasteiger partial charge in [0.15, 0.2) is 0 Å². The number of pyridine rings is 1. The molecule has 33 heavy (non-hydrogen) atoms. The van der Waals surface area contributed by atoms with Gasteiger partial charge in [-0.05, 0) is 36.5 Å². The summed E-state index contributed by atoms with van der Waals surface area (Å²) in [5.41, 5.74) is 0.101. The molecule has 3 rings (SSSR count). The van der Waals surface area contributed by atoms with Gasteiger partial charge in [0.2, 0.25) is 11.8 Å². The number of halogens is 3. The molecular formula is C24H29F3N4O2. The molecule has 1 fully saturated rings. The standard InChI is InChI=1S/C24H29F3N4O2/c1-16(2)22(30-21(32)14-17-6-4-3-5-7-17)23(33)29-19-10-12-31(13-11-19)20-9-8-18(15-28-20)24(25,26)27/h3-9,15-16,19,22H,10-14H2,1-2H3,(H,29,33)(H,30,32). The van der Waals surface area contributed by atoms with E-state index < -0.39 is 17.8 Å². The van der Waals surface area contributed by atoms with Gasteiger partial charge in [-0.25, -0.2) is 4.98 Å². The Morgan fingerprint density at radius 1 is 1.09 bits per heavy atom. The van der Waals surface area contributed by atoms with Crippen molar-refractivity contribution in [3.05, 3.63) is 59.8 Å². The molecule has 178 valence electrons. The summed E-state index contributed by atoms with van der Waals surface area (Å²) in [5.74, 6) is -0.0297. The number of piperidine rings is 1. The lowest BCUT2D eigenvalue weighted by atomic mass is 10.00. The second-order valence-electron chi connectivity index (χ2n) is 8.62. The van der Waals surface area contributed by atoms with Gasteiger partial charge < -0.3 is 15.5 Å². The summed E-state index contributed by atoms with van der Waals surface area (Å²) in [6, 6.07) is 11.0. The van der Waals surface area contributed by atoms with Crippen LogP contribution < -0.4 is 15.5 Å². The van der Waals surface area contributed by atoms with Gasteiger partial charge in [0.05, 0.1) is 12.0 Å². The van der Waals surface area contributed by atoms with E-state index in [1.165, 1.54) is 6.07 Å². The number of benzene rings is 1. The summed E-state index contributed by atoms with van der Waals surface area (Å²) in [4.78, 5) is 31.2. The highest BCUT2D eigenvalue weighted by Gasteiger charge is 2.31. The predicted octanol–water partition coefficient (Wildman–Crippen LogP) is 3.57. The molecule has 9 heteroatoms. The SMILES string of the molecule is CC(C)C(NC(=O)Cc1ccccc1)C(=O)NC1CCN(c2ccc(C(F)(F)F)cn2)CC1. The molecule has 6 nitrogen and oxygen atoms in total. The lowest BCUT2D eigenvalue weighted by Gasteiger charge is -2.34. The van der Waals surface area contributed by atoms with Crippen molar-refractivity contribution in [1.29, 1.82) is 0 Å². The smallest absolute Gasteiger partial charge is 0.356 e. The first-order chi connectivity index (χ1) is 15.6. The molecule has 2 heterocycles. The summed E-state index contributed by atoms with van der Waals surface area (Å²) in [7, 11) is 0. The van der Waals surface area contributed by atoms with Crippen LogP contribution in [-0.4, -0.2) is 42.0 Å². The molecule has 1 aliphatic rings. The van der Waals surface area contributed by atoms with Gasteiger partial charge >= 0.3 is 6.18 Å².